The van der Waals surface area contributed by atoms with E-state index in [1.807, 2.05) is 55.5 Å². The third kappa shape index (κ3) is 4.47. The van der Waals surface area contributed by atoms with Crippen LogP contribution in [0.3, 0.4) is 0 Å². The van der Waals surface area contributed by atoms with Gasteiger partial charge in [0, 0.05) is 17.3 Å². The lowest BCUT2D eigenvalue weighted by atomic mass is 10.1. The number of fused-ring (bicyclic) bond motifs is 1. The molecule has 30 heavy (non-hydrogen) atoms. The smallest absolute Gasteiger partial charge is 0.272 e. The van der Waals surface area contributed by atoms with Gasteiger partial charge in [0.25, 0.3) is 11.8 Å². The van der Waals surface area contributed by atoms with E-state index in [1.165, 1.54) is 12.3 Å². The summed E-state index contributed by atoms with van der Waals surface area (Å²) in [4.78, 5) is 25.7. The van der Waals surface area contributed by atoms with E-state index in [2.05, 4.69) is 10.6 Å². The van der Waals surface area contributed by atoms with Crippen LogP contribution >= 0.6 is 0 Å². The number of amides is 2. The molecule has 1 heterocycles. The Morgan fingerprint density at radius 1 is 0.867 bits per heavy atom. The molecule has 0 fully saturated rings. The van der Waals surface area contributed by atoms with Crippen molar-refractivity contribution in [1.29, 1.82) is 0 Å². The van der Waals surface area contributed by atoms with Crippen molar-refractivity contribution >= 4 is 34.4 Å². The molecule has 1 aromatic heterocycles. The van der Waals surface area contributed by atoms with Crippen molar-refractivity contribution in [2.75, 3.05) is 5.32 Å². The molecule has 0 atom stereocenters. The van der Waals surface area contributed by atoms with Crippen LogP contribution in [0.2, 0.25) is 0 Å². The molecule has 4 aromatic rings. The van der Waals surface area contributed by atoms with Gasteiger partial charge in [-0.15, -0.1) is 0 Å². The number of carbonyl (C=O) groups excluding carboxylic acids is 2. The second-order valence-corrected chi connectivity index (χ2v) is 6.91. The minimum Gasteiger partial charge on any atom is -0.465 e. The van der Waals surface area contributed by atoms with Gasteiger partial charge in [-0.25, -0.2) is 0 Å². The number of nitrogens with one attached hydrogen (secondary N) is 2. The van der Waals surface area contributed by atoms with E-state index in [4.69, 9.17) is 4.42 Å². The van der Waals surface area contributed by atoms with E-state index in [-0.39, 0.29) is 11.6 Å². The highest BCUT2D eigenvalue weighted by atomic mass is 16.3. The van der Waals surface area contributed by atoms with Crippen molar-refractivity contribution in [2.45, 2.75) is 6.92 Å². The molecule has 148 valence electrons. The SMILES string of the molecule is Cc1cccc(C(=O)N/C(=C\c2ccco2)C(=O)Nc2ccc3ccccc3c2)c1. The van der Waals surface area contributed by atoms with Crippen molar-refractivity contribution in [3.63, 3.8) is 0 Å². The van der Waals surface area contributed by atoms with Gasteiger partial charge in [0.15, 0.2) is 0 Å². The number of anilines is 1. The first-order valence-electron chi connectivity index (χ1n) is 9.52. The second kappa shape index (κ2) is 8.49. The van der Waals surface area contributed by atoms with Gasteiger partial charge >= 0.3 is 0 Å². The summed E-state index contributed by atoms with van der Waals surface area (Å²) in [6, 6.07) is 24.1. The Morgan fingerprint density at radius 3 is 2.47 bits per heavy atom. The van der Waals surface area contributed by atoms with Crippen LogP contribution in [-0.4, -0.2) is 11.8 Å². The summed E-state index contributed by atoms with van der Waals surface area (Å²) in [5, 5.41) is 7.65. The molecule has 5 nitrogen and oxygen atoms in total. The number of benzene rings is 3. The van der Waals surface area contributed by atoms with Gasteiger partial charge in [0.2, 0.25) is 0 Å². The number of rotatable bonds is 5. The topological polar surface area (TPSA) is 71.3 Å². The van der Waals surface area contributed by atoms with E-state index in [1.54, 1.807) is 30.3 Å². The van der Waals surface area contributed by atoms with Crippen LogP contribution < -0.4 is 10.6 Å². The molecule has 0 saturated heterocycles. The Hall–Kier alpha value is -4.12. The van der Waals surface area contributed by atoms with E-state index in [0.717, 1.165) is 16.3 Å². The zero-order valence-corrected chi connectivity index (χ0v) is 16.4. The van der Waals surface area contributed by atoms with E-state index < -0.39 is 5.91 Å². The number of furan rings is 1. The molecule has 0 aliphatic carbocycles. The van der Waals surface area contributed by atoms with Crippen molar-refractivity contribution in [1.82, 2.24) is 5.32 Å². The molecule has 0 spiro atoms. The van der Waals surface area contributed by atoms with Gasteiger partial charge in [-0.05, 0) is 54.1 Å². The lowest BCUT2D eigenvalue weighted by Crippen LogP contribution is -2.30. The third-order valence-electron chi connectivity index (χ3n) is 4.61. The number of carbonyl (C=O) groups is 2. The van der Waals surface area contributed by atoms with E-state index >= 15 is 0 Å². The molecule has 0 unspecified atom stereocenters. The molecule has 0 aliphatic heterocycles. The predicted molar refractivity (Wildman–Crippen MR) is 118 cm³/mol. The summed E-state index contributed by atoms with van der Waals surface area (Å²) in [5.74, 6) is -0.351. The normalized spacial score (nSPS) is 11.3. The zero-order valence-electron chi connectivity index (χ0n) is 16.4. The van der Waals surface area contributed by atoms with Crippen LogP contribution in [0.5, 0.6) is 0 Å². The molecule has 4 rings (SSSR count). The van der Waals surface area contributed by atoms with Gasteiger partial charge in [0.05, 0.1) is 6.26 Å². The minimum atomic E-state index is -0.442. The monoisotopic (exact) mass is 396 g/mol. The van der Waals surface area contributed by atoms with Crippen molar-refractivity contribution < 1.29 is 14.0 Å². The minimum absolute atomic E-state index is 0.0876. The second-order valence-electron chi connectivity index (χ2n) is 6.91. The Morgan fingerprint density at radius 2 is 1.70 bits per heavy atom. The summed E-state index contributed by atoms with van der Waals surface area (Å²) in [6.45, 7) is 1.91. The predicted octanol–water partition coefficient (Wildman–Crippen LogP) is 5.15. The largest absolute Gasteiger partial charge is 0.465 e. The summed E-state index contributed by atoms with van der Waals surface area (Å²) in [5.41, 5.74) is 2.15. The Bertz CT molecular complexity index is 1240. The van der Waals surface area contributed by atoms with E-state index in [9.17, 15) is 9.59 Å². The number of aryl methyl sites for hydroxylation is 1. The fourth-order valence-electron chi connectivity index (χ4n) is 3.12. The molecule has 2 N–H and O–H groups in total. The molecule has 0 saturated carbocycles. The Kier molecular flexibility index (Phi) is 5.44. The summed E-state index contributed by atoms with van der Waals surface area (Å²) >= 11 is 0. The molecular formula is C25H20N2O3. The first-order valence-corrected chi connectivity index (χ1v) is 9.52. The van der Waals surface area contributed by atoms with Crippen LogP contribution in [0.25, 0.3) is 16.8 Å². The average Bonchev–Trinajstić information content (AvgIpc) is 3.26. The summed E-state index contributed by atoms with van der Waals surface area (Å²) < 4.78 is 5.32. The highest BCUT2D eigenvalue weighted by molar-refractivity contribution is 6.11. The zero-order chi connectivity index (χ0) is 20.9. The van der Waals surface area contributed by atoms with Crippen LogP contribution in [-0.2, 0) is 4.79 Å². The number of hydrogen-bond donors (Lipinski definition) is 2. The molecule has 0 bridgehead atoms. The first kappa shape index (κ1) is 19.2. The van der Waals surface area contributed by atoms with Gasteiger partial charge < -0.3 is 15.1 Å². The molecule has 2 amide bonds. The van der Waals surface area contributed by atoms with Crippen molar-refractivity contribution in [3.8, 4) is 0 Å². The fourth-order valence-corrected chi connectivity index (χ4v) is 3.12. The maximum atomic E-state index is 13.0. The van der Waals surface area contributed by atoms with E-state index in [0.29, 0.717) is 17.0 Å². The fraction of sp³-hybridized carbons (Fsp3) is 0.0400. The average molecular weight is 396 g/mol. The number of hydrogen-bond acceptors (Lipinski definition) is 3. The Balaban J connectivity index is 1.60. The molecule has 0 radical (unpaired) electrons. The lowest BCUT2D eigenvalue weighted by molar-refractivity contribution is -0.113. The molecular weight excluding hydrogens is 376 g/mol. The highest BCUT2D eigenvalue weighted by Gasteiger charge is 2.16. The van der Waals surface area contributed by atoms with Crippen molar-refractivity contribution in [3.05, 3.63) is 108 Å². The molecule has 5 heteroatoms. The summed E-state index contributed by atoms with van der Waals surface area (Å²) in [6.07, 6.45) is 3.01. The summed E-state index contributed by atoms with van der Waals surface area (Å²) in [7, 11) is 0. The third-order valence-corrected chi connectivity index (χ3v) is 4.61. The lowest BCUT2D eigenvalue weighted by Gasteiger charge is -2.12. The van der Waals surface area contributed by atoms with Crippen LogP contribution in [0, 0.1) is 6.92 Å². The van der Waals surface area contributed by atoms with Crippen LogP contribution in [0.1, 0.15) is 21.7 Å². The quantitative estimate of drug-likeness (QED) is 0.458. The van der Waals surface area contributed by atoms with Crippen LogP contribution in [0.4, 0.5) is 5.69 Å². The van der Waals surface area contributed by atoms with Gasteiger partial charge in [-0.2, -0.15) is 0 Å². The highest BCUT2D eigenvalue weighted by Crippen LogP contribution is 2.19. The molecule has 3 aromatic carbocycles. The first-order chi connectivity index (χ1) is 14.6. The maximum absolute atomic E-state index is 13.0. The van der Waals surface area contributed by atoms with Gasteiger partial charge in [-0.1, -0.05) is 48.0 Å². The standard InChI is InChI=1S/C25H20N2O3/c1-17-6-4-9-20(14-17)24(28)27-23(16-22-10-5-13-30-22)25(29)26-21-12-11-18-7-2-3-8-19(18)15-21/h2-16H,1H3,(H,26,29)(H,27,28)/b23-16-. The van der Waals surface area contributed by atoms with Crippen LogP contribution in [0.15, 0.2) is 95.2 Å². The van der Waals surface area contributed by atoms with Crippen molar-refractivity contribution in [2.24, 2.45) is 0 Å². The van der Waals surface area contributed by atoms with Gasteiger partial charge in [-0.3, -0.25) is 9.59 Å². The maximum Gasteiger partial charge on any atom is 0.272 e. The Labute approximate surface area is 174 Å². The van der Waals surface area contributed by atoms with Gasteiger partial charge in [0.1, 0.15) is 11.5 Å². The molecule has 0 aliphatic rings.